The molecule has 1 aromatic carbocycles. The van der Waals surface area contributed by atoms with Crippen LogP contribution in [0.4, 0.5) is 0 Å². The molecule has 0 fully saturated rings. The van der Waals surface area contributed by atoms with Crippen molar-refractivity contribution in [2.75, 3.05) is 0 Å². The standard InChI is InChI=1S/C30H38S2Si4/c1-33(2,3)17-13-23-25-21-30-26(22-29(25)31-27(23)15-19-35(7,8)9)24(14-18-34(4,5)6)28(32-30)16-20-36(10,11)12/h21-22H,1-12H3. The topological polar surface area (TPSA) is 0 Å². The van der Waals surface area contributed by atoms with Gasteiger partial charge in [-0.15, -0.1) is 44.8 Å². The zero-order valence-corrected chi connectivity index (χ0v) is 29.6. The molecule has 0 nitrogen and oxygen atoms in total. The summed E-state index contributed by atoms with van der Waals surface area (Å²) in [7, 11) is -6.03. The van der Waals surface area contributed by atoms with Gasteiger partial charge in [0, 0.05) is 20.2 Å². The third-order valence-corrected chi connectivity index (χ3v) is 10.4. The molecule has 3 rings (SSSR count). The summed E-state index contributed by atoms with van der Waals surface area (Å²) in [6.07, 6.45) is 0. The van der Waals surface area contributed by atoms with E-state index < -0.39 is 32.3 Å². The summed E-state index contributed by atoms with van der Waals surface area (Å²) in [5, 5.41) is 2.46. The van der Waals surface area contributed by atoms with Gasteiger partial charge >= 0.3 is 0 Å². The van der Waals surface area contributed by atoms with Gasteiger partial charge in [-0.3, -0.25) is 0 Å². The van der Waals surface area contributed by atoms with E-state index in [1.54, 1.807) is 22.7 Å². The zero-order chi connectivity index (χ0) is 27.1. The van der Waals surface area contributed by atoms with Crippen LogP contribution in [0.1, 0.15) is 20.9 Å². The third kappa shape index (κ3) is 8.13. The van der Waals surface area contributed by atoms with Crippen LogP contribution in [0.15, 0.2) is 12.1 Å². The SMILES string of the molecule is C[Si](C)(C)C#Cc1sc2cc3c(C#C[Si](C)(C)C)c(C#C[Si](C)(C)C)sc3cc2c1C#C[Si](C)(C)C. The van der Waals surface area contributed by atoms with Gasteiger partial charge in [0.25, 0.3) is 0 Å². The van der Waals surface area contributed by atoms with Gasteiger partial charge in [0.1, 0.15) is 32.3 Å². The van der Waals surface area contributed by atoms with E-state index in [0.717, 1.165) is 20.9 Å². The van der Waals surface area contributed by atoms with E-state index in [-0.39, 0.29) is 0 Å². The minimum atomic E-state index is -1.52. The van der Waals surface area contributed by atoms with Crippen molar-refractivity contribution < 1.29 is 0 Å². The quantitative estimate of drug-likeness (QED) is 0.186. The van der Waals surface area contributed by atoms with Gasteiger partial charge in [0.05, 0.1) is 20.9 Å². The second-order valence-corrected chi connectivity index (χ2v) is 34.6. The average molecular weight is 575 g/mol. The first-order valence-corrected chi connectivity index (χ1v) is 28.1. The molecular formula is C30H38S2Si4. The molecule has 6 heteroatoms. The van der Waals surface area contributed by atoms with Crippen LogP contribution in [0.5, 0.6) is 0 Å². The molecule has 0 amide bonds. The van der Waals surface area contributed by atoms with Gasteiger partial charge in [0.15, 0.2) is 0 Å². The Morgan fingerprint density at radius 3 is 1.00 bits per heavy atom. The van der Waals surface area contributed by atoms with E-state index in [0.29, 0.717) is 0 Å². The molecule has 2 heterocycles. The van der Waals surface area contributed by atoms with Crippen molar-refractivity contribution in [3.63, 3.8) is 0 Å². The molecule has 0 radical (unpaired) electrons. The molecule has 0 aliphatic carbocycles. The van der Waals surface area contributed by atoms with Crippen LogP contribution in [-0.2, 0) is 0 Å². The van der Waals surface area contributed by atoms with Crippen LogP contribution in [0.25, 0.3) is 20.2 Å². The van der Waals surface area contributed by atoms with Gasteiger partial charge in [-0.25, -0.2) is 0 Å². The maximum atomic E-state index is 3.60. The number of fused-ring (bicyclic) bond motifs is 2. The highest BCUT2D eigenvalue weighted by Gasteiger charge is 2.18. The summed E-state index contributed by atoms with van der Waals surface area (Å²) >= 11 is 3.57. The normalized spacial score (nSPS) is 12.1. The molecule has 0 aliphatic heterocycles. The molecule has 0 atom stereocenters. The second-order valence-electron chi connectivity index (χ2n) is 13.5. The predicted molar refractivity (Wildman–Crippen MR) is 178 cm³/mol. The first kappa shape index (κ1) is 28.8. The molecule has 36 heavy (non-hydrogen) atoms. The molecular weight excluding hydrogens is 537 g/mol. The van der Waals surface area contributed by atoms with Crippen molar-refractivity contribution in [3.05, 3.63) is 33.0 Å². The first-order chi connectivity index (χ1) is 16.3. The smallest absolute Gasteiger partial charge is 0.127 e. The van der Waals surface area contributed by atoms with Gasteiger partial charge in [-0.1, -0.05) is 102 Å². The lowest BCUT2D eigenvalue weighted by atomic mass is 10.1. The lowest BCUT2D eigenvalue weighted by molar-refractivity contribution is 1.78. The summed E-state index contributed by atoms with van der Waals surface area (Å²) in [5.74, 6) is 14.2. The highest BCUT2D eigenvalue weighted by atomic mass is 32.1. The fourth-order valence-electron chi connectivity index (χ4n) is 3.10. The molecule has 0 spiro atoms. The summed E-state index contributed by atoms with van der Waals surface area (Å²) in [6.45, 7) is 27.6. The van der Waals surface area contributed by atoms with E-state index in [1.165, 1.54) is 20.2 Å². The monoisotopic (exact) mass is 574 g/mol. The molecule has 3 aromatic rings. The maximum absolute atomic E-state index is 3.60. The van der Waals surface area contributed by atoms with Crippen molar-refractivity contribution in [2.24, 2.45) is 0 Å². The minimum absolute atomic E-state index is 1.11. The summed E-state index contributed by atoms with van der Waals surface area (Å²) < 4.78 is 2.50. The Kier molecular flexibility index (Phi) is 8.16. The number of rotatable bonds is 0. The minimum Gasteiger partial charge on any atom is -0.127 e. The molecule has 0 aliphatic rings. The predicted octanol–water partition coefficient (Wildman–Crippen LogP) is 9.03. The number of hydrogen-bond donors (Lipinski definition) is 0. The summed E-state index contributed by atoms with van der Waals surface area (Å²) in [5.41, 5.74) is 16.6. The molecule has 0 bridgehead atoms. The Bertz CT molecular complexity index is 1450. The lowest BCUT2D eigenvalue weighted by Crippen LogP contribution is -2.16. The van der Waals surface area contributed by atoms with E-state index in [1.807, 2.05) is 0 Å². The molecule has 0 unspecified atom stereocenters. The van der Waals surface area contributed by atoms with Gasteiger partial charge in [-0.2, -0.15) is 0 Å². The van der Waals surface area contributed by atoms with E-state index in [4.69, 9.17) is 0 Å². The average Bonchev–Trinajstić information content (AvgIpc) is 3.20. The third-order valence-electron chi connectivity index (χ3n) is 4.73. The number of hydrogen-bond acceptors (Lipinski definition) is 2. The van der Waals surface area contributed by atoms with Crippen LogP contribution in [-0.4, -0.2) is 32.3 Å². The van der Waals surface area contributed by atoms with Gasteiger partial charge in [-0.05, 0) is 12.1 Å². The molecule has 0 saturated carbocycles. The zero-order valence-electron chi connectivity index (χ0n) is 24.0. The Morgan fingerprint density at radius 1 is 0.444 bits per heavy atom. The molecule has 2 aromatic heterocycles. The maximum Gasteiger partial charge on any atom is 0.129 e. The van der Waals surface area contributed by atoms with Crippen molar-refractivity contribution >= 4 is 75.1 Å². The van der Waals surface area contributed by atoms with E-state index in [2.05, 4.69) is 137 Å². The van der Waals surface area contributed by atoms with Crippen molar-refractivity contribution in [3.8, 4) is 45.9 Å². The fraction of sp³-hybridized carbons (Fsp3) is 0.400. The van der Waals surface area contributed by atoms with Crippen molar-refractivity contribution in [2.45, 2.75) is 78.6 Å². The molecule has 0 N–H and O–H groups in total. The van der Waals surface area contributed by atoms with Crippen LogP contribution in [0, 0.1) is 45.9 Å². The highest BCUT2D eigenvalue weighted by Crippen LogP contribution is 2.39. The van der Waals surface area contributed by atoms with Crippen LogP contribution >= 0.6 is 22.7 Å². The van der Waals surface area contributed by atoms with E-state index in [9.17, 15) is 0 Å². The Morgan fingerprint density at radius 2 is 0.722 bits per heavy atom. The fourth-order valence-corrected chi connectivity index (χ4v) is 7.35. The first-order valence-electron chi connectivity index (χ1n) is 12.5. The second kappa shape index (κ2) is 10.2. The Labute approximate surface area is 231 Å². The molecule has 0 saturated heterocycles. The van der Waals surface area contributed by atoms with Gasteiger partial charge in [0.2, 0.25) is 0 Å². The highest BCUT2D eigenvalue weighted by molar-refractivity contribution is 7.21. The van der Waals surface area contributed by atoms with Crippen molar-refractivity contribution in [1.82, 2.24) is 0 Å². The van der Waals surface area contributed by atoms with Crippen LogP contribution < -0.4 is 0 Å². The lowest BCUT2D eigenvalue weighted by Gasteiger charge is -2.04. The van der Waals surface area contributed by atoms with Crippen LogP contribution in [0.2, 0.25) is 78.6 Å². The van der Waals surface area contributed by atoms with Gasteiger partial charge < -0.3 is 0 Å². The van der Waals surface area contributed by atoms with Crippen molar-refractivity contribution in [1.29, 1.82) is 0 Å². The molecule has 186 valence electrons. The van der Waals surface area contributed by atoms with Crippen LogP contribution in [0.3, 0.4) is 0 Å². The summed E-state index contributed by atoms with van der Waals surface area (Å²) in [6, 6.07) is 4.66. The Balaban J connectivity index is 2.38. The number of thiophene rings is 2. The number of benzene rings is 1. The van der Waals surface area contributed by atoms with E-state index >= 15 is 0 Å². The largest absolute Gasteiger partial charge is 0.129 e. The summed E-state index contributed by atoms with van der Waals surface area (Å²) in [4.78, 5) is 2.23. The Hall–Kier alpha value is -1.75.